The maximum atomic E-state index is 12.8. The predicted octanol–water partition coefficient (Wildman–Crippen LogP) is 3.45. The van der Waals surface area contributed by atoms with E-state index < -0.39 is 20.9 Å². The average molecular weight is 495 g/mol. The van der Waals surface area contributed by atoms with Crippen LogP contribution in [0.1, 0.15) is 28.8 Å². The number of nitro benzene ring substituents is 1. The fourth-order valence-corrected chi connectivity index (χ4v) is 4.85. The van der Waals surface area contributed by atoms with Gasteiger partial charge in [-0.3, -0.25) is 24.4 Å². The molecule has 3 aromatic carbocycles. The Balaban J connectivity index is 1.46. The summed E-state index contributed by atoms with van der Waals surface area (Å²) in [7, 11) is -4.18. The summed E-state index contributed by atoms with van der Waals surface area (Å²) >= 11 is 0. The molecule has 11 heteroatoms. The van der Waals surface area contributed by atoms with Crippen molar-refractivity contribution in [2.24, 2.45) is 0 Å². The van der Waals surface area contributed by atoms with E-state index in [0.29, 0.717) is 13.0 Å². The van der Waals surface area contributed by atoms with Crippen molar-refractivity contribution in [1.82, 2.24) is 5.32 Å². The molecular weight excluding hydrogens is 472 g/mol. The first-order valence-corrected chi connectivity index (χ1v) is 12.3. The van der Waals surface area contributed by atoms with Gasteiger partial charge in [-0.15, -0.1) is 0 Å². The zero-order valence-corrected chi connectivity index (χ0v) is 19.3. The fraction of sp³-hybridized carbons (Fsp3) is 0.167. The Labute approximate surface area is 201 Å². The first-order chi connectivity index (χ1) is 16.7. The summed E-state index contributed by atoms with van der Waals surface area (Å²) in [5, 5.41) is 13.8. The lowest BCUT2D eigenvalue weighted by Crippen LogP contribution is -2.25. The minimum Gasteiger partial charge on any atom is -0.348 e. The highest BCUT2D eigenvalue weighted by Crippen LogP contribution is 2.24. The molecule has 10 nitrogen and oxygen atoms in total. The maximum absolute atomic E-state index is 12.8. The van der Waals surface area contributed by atoms with Crippen molar-refractivity contribution < 1.29 is 22.9 Å². The fourth-order valence-electron chi connectivity index (χ4n) is 3.73. The summed E-state index contributed by atoms with van der Waals surface area (Å²) in [5.74, 6) is -0.406. The number of hydrogen-bond donors (Lipinski definition) is 2. The lowest BCUT2D eigenvalue weighted by molar-refractivity contribution is -0.385. The number of carbonyl (C=O) groups excluding carboxylic acids is 2. The molecule has 35 heavy (non-hydrogen) atoms. The van der Waals surface area contributed by atoms with Gasteiger partial charge in [-0.05, 0) is 42.3 Å². The molecule has 0 atom stereocenters. The van der Waals surface area contributed by atoms with Crippen LogP contribution >= 0.6 is 0 Å². The molecule has 0 aromatic heterocycles. The minimum atomic E-state index is -4.18. The van der Waals surface area contributed by atoms with E-state index in [1.807, 2.05) is 24.3 Å². The zero-order valence-electron chi connectivity index (χ0n) is 18.5. The van der Waals surface area contributed by atoms with Crippen LogP contribution in [-0.4, -0.2) is 31.7 Å². The Hall–Kier alpha value is -4.25. The van der Waals surface area contributed by atoms with Crippen molar-refractivity contribution >= 4 is 38.9 Å². The molecule has 0 radical (unpaired) electrons. The van der Waals surface area contributed by atoms with Crippen molar-refractivity contribution in [2.45, 2.75) is 24.3 Å². The number of sulfonamides is 1. The standard InChI is InChI=1S/C24H22N4O6S/c29-23-9-4-14-27(23)18-12-10-17(11-13-18)16-25-24(30)21-7-1-2-8-22(21)26-35(33,34)20-6-3-5-19(15-20)28(31)32/h1-3,5-8,10-13,15,26H,4,9,14,16H2,(H,25,30). The van der Waals surface area contributed by atoms with Crippen molar-refractivity contribution in [2.75, 3.05) is 16.2 Å². The van der Waals surface area contributed by atoms with Gasteiger partial charge in [0, 0.05) is 37.3 Å². The molecule has 0 saturated carbocycles. The number of non-ortho nitro benzene ring substituents is 1. The molecule has 0 spiro atoms. The van der Waals surface area contributed by atoms with Gasteiger partial charge < -0.3 is 10.2 Å². The smallest absolute Gasteiger partial charge is 0.270 e. The van der Waals surface area contributed by atoms with Gasteiger partial charge in [0.05, 0.1) is 21.1 Å². The van der Waals surface area contributed by atoms with Crippen molar-refractivity contribution in [3.05, 3.63) is 94.0 Å². The van der Waals surface area contributed by atoms with Crippen molar-refractivity contribution in [3.8, 4) is 0 Å². The molecule has 1 heterocycles. The van der Waals surface area contributed by atoms with Gasteiger partial charge in [-0.2, -0.15) is 0 Å². The molecule has 0 bridgehead atoms. The second-order valence-corrected chi connectivity index (χ2v) is 9.59. The molecule has 0 unspecified atom stereocenters. The van der Waals surface area contributed by atoms with Gasteiger partial charge in [0.1, 0.15) is 0 Å². The Morgan fingerprint density at radius 2 is 1.77 bits per heavy atom. The number of amides is 2. The molecule has 2 N–H and O–H groups in total. The summed E-state index contributed by atoms with van der Waals surface area (Å²) in [6, 6.07) is 18.0. The van der Waals surface area contributed by atoms with E-state index in [1.165, 1.54) is 30.3 Å². The van der Waals surface area contributed by atoms with Gasteiger partial charge in [0.25, 0.3) is 21.6 Å². The molecule has 1 saturated heterocycles. The van der Waals surface area contributed by atoms with Gasteiger partial charge in [0.2, 0.25) is 5.91 Å². The van der Waals surface area contributed by atoms with Gasteiger partial charge in [-0.1, -0.05) is 30.3 Å². The van der Waals surface area contributed by atoms with Crippen LogP contribution in [-0.2, 0) is 21.4 Å². The van der Waals surface area contributed by atoms with Crippen LogP contribution in [0, 0.1) is 10.1 Å². The van der Waals surface area contributed by atoms with Crippen LogP contribution in [0.2, 0.25) is 0 Å². The van der Waals surface area contributed by atoms with Crippen LogP contribution in [0.3, 0.4) is 0 Å². The summed E-state index contributed by atoms with van der Waals surface area (Å²) in [6.45, 7) is 0.886. The summed E-state index contributed by atoms with van der Waals surface area (Å²) < 4.78 is 27.9. The minimum absolute atomic E-state index is 0.0411. The number of benzene rings is 3. The monoisotopic (exact) mass is 494 g/mol. The van der Waals surface area contributed by atoms with E-state index in [-0.39, 0.29) is 34.3 Å². The molecular formula is C24H22N4O6S. The third-order valence-corrected chi connectivity index (χ3v) is 6.89. The van der Waals surface area contributed by atoms with E-state index in [1.54, 1.807) is 17.0 Å². The van der Waals surface area contributed by atoms with E-state index in [9.17, 15) is 28.1 Å². The Bertz CT molecular complexity index is 1390. The second kappa shape index (κ2) is 9.94. The SMILES string of the molecule is O=C(NCc1ccc(N2CCCC2=O)cc1)c1ccccc1NS(=O)(=O)c1cccc([N+](=O)[O-])c1. The Morgan fingerprint density at radius 1 is 1.03 bits per heavy atom. The molecule has 1 aliphatic rings. The van der Waals surface area contributed by atoms with Crippen molar-refractivity contribution in [1.29, 1.82) is 0 Å². The number of carbonyl (C=O) groups is 2. The number of anilines is 2. The first-order valence-electron chi connectivity index (χ1n) is 10.8. The lowest BCUT2D eigenvalue weighted by Gasteiger charge is -2.16. The van der Waals surface area contributed by atoms with E-state index in [2.05, 4.69) is 10.0 Å². The highest BCUT2D eigenvalue weighted by atomic mass is 32.2. The maximum Gasteiger partial charge on any atom is 0.270 e. The molecule has 2 amide bonds. The van der Waals surface area contributed by atoms with Crippen LogP contribution in [0.4, 0.5) is 17.1 Å². The van der Waals surface area contributed by atoms with Gasteiger partial charge >= 0.3 is 0 Å². The molecule has 3 aromatic rings. The highest BCUT2D eigenvalue weighted by Gasteiger charge is 2.22. The van der Waals surface area contributed by atoms with Crippen LogP contribution < -0.4 is 14.9 Å². The number of nitrogens with zero attached hydrogens (tertiary/aromatic N) is 2. The normalized spacial score (nSPS) is 13.5. The summed E-state index contributed by atoms with van der Waals surface area (Å²) in [6.07, 6.45) is 1.38. The van der Waals surface area contributed by atoms with Gasteiger partial charge in [0.15, 0.2) is 0 Å². The summed E-state index contributed by atoms with van der Waals surface area (Å²) in [4.78, 5) is 36.5. The van der Waals surface area contributed by atoms with Crippen LogP contribution in [0.25, 0.3) is 0 Å². The largest absolute Gasteiger partial charge is 0.348 e. The highest BCUT2D eigenvalue weighted by molar-refractivity contribution is 7.92. The molecule has 0 aliphatic carbocycles. The van der Waals surface area contributed by atoms with Gasteiger partial charge in [-0.25, -0.2) is 8.42 Å². The summed E-state index contributed by atoms with van der Waals surface area (Å²) in [5.41, 5.74) is 1.39. The quantitative estimate of drug-likeness (QED) is 0.363. The average Bonchev–Trinajstić information content (AvgIpc) is 3.29. The molecule has 4 rings (SSSR count). The molecule has 1 aliphatic heterocycles. The lowest BCUT2D eigenvalue weighted by atomic mass is 10.1. The number of rotatable bonds is 8. The third kappa shape index (κ3) is 5.46. The Morgan fingerprint density at radius 3 is 2.46 bits per heavy atom. The number of nitrogens with one attached hydrogen (secondary N) is 2. The van der Waals surface area contributed by atoms with E-state index in [0.717, 1.165) is 23.7 Å². The topological polar surface area (TPSA) is 139 Å². The number of hydrogen-bond acceptors (Lipinski definition) is 6. The zero-order chi connectivity index (χ0) is 25.0. The van der Waals surface area contributed by atoms with Crippen LogP contribution in [0.15, 0.2) is 77.7 Å². The number of para-hydroxylation sites is 1. The second-order valence-electron chi connectivity index (χ2n) is 7.90. The Kier molecular flexibility index (Phi) is 6.78. The van der Waals surface area contributed by atoms with Crippen LogP contribution in [0.5, 0.6) is 0 Å². The van der Waals surface area contributed by atoms with E-state index in [4.69, 9.17) is 0 Å². The predicted molar refractivity (Wildman–Crippen MR) is 130 cm³/mol. The van der Waals surface area contributed by atoms with Crippen molar-refractivity contribution in [3.63, 3.8) is 0 Å². The molecule has 1 fully saturated rings. The van der Waals surface area contributed by atoms with E-state index >= 15 is 0 Å². The first kappa shape index (κ1) is 23.9. The third-order valence-electron chi connectivity index (χ3n) is 5.53. The molecule has 180 valence electrons. The number of nitro groups is 1.